The first kappa shape index (κ1) is 16.7. The highest BCUT2D eigenvalue weighted by atomic mass is 32.2. The van der Waals surface area contributed by atoms with Crippen molar-refractivity contribution in [2.24, 2.45) is 5.14 Å². The van der Waals surface area contributed by atoms with Crippen molar-refractivity contribution in [3.8, 4) is 0 Å². The zero-order chi connectivity index (χ0) is 15.2. The van der Waals surface area contributed by atoms with Gasteiger partial charge in [0.05, 0.1) is 5.75 Å². The van der Waals surface area contributed by atoms with Crippen LogP contribution in [0.1, 0.15) is 32.1 Å². The van der Waals surface area contributed by atoms with E-state index in [0.717, 1.165) is 19.3 Å². The van der Waals surface area contributed by atoms with E-state index in [9.17, 15) is 18.0 Å². The Morgan fingerprint density at radius 2 is 2.00 bits per heavy atom. The molecule has 1 rings (SSSR count). The molecule has 0 aromatic rings. The Kier molecular flexibility index (Phi) is 6.21. The molecule has 1 aliphatic heterocycles. The smallest absolute Gasteiger partial charge is 0.326 e. The molecule has 0 aromatic carbocycles. The van der Waals surface area contributed by atoms with E-state index >= 15 is 0 Å². The van der Waals surface area contributed by atoms with E-state index in [1.807, 2.05) is 0 Å². The Hall–Kier alpha value is -1.35. The zero-order valence-electron chi connectivity index (χ0n) is 11.2. The number of hydrogen-bond acceptors (Lipinski definition) is 4. The molecule has 0 spiro atoms. The molecule has 1 atom stereocenters. The van der Waals surface area contributed by atoms with Gasteiger partial charge in [-0.05, 0) is 19.3 Å². The molecular weight excluding hydrogens is 286 g/mol. The van der Waals surface area contributed by atoms with Crippen LogP contribution >= 0.6 is 0 Å². The highest BCUT2D eigenvalue weighted by Crippen LogP contribution is 2.17. The van der Waals surface area contributed by atoms with Crippen LogP contribution in [0.25, 0.3) is 0 Å². The first-order valence-electron chi connectivity index (χ1n) is 6.59. The van der Waals surface area contributed by atoms with Gasteiger partial charge in [0, 0.05) is 13.1 Å². The van der Waals surface area contributed by atoms with Crippen molar-refractivity contribution in [2.75, 3.05) is 18.8 Å². The molecule has 2 amide bonds. The maximum absolute atomic E-state index is 12.0. The number of carbonyl (C=O) groups is 2. The first-order chi connectivity index (χ1) is 9.31. The lowest BCUT2D eigenvalue weighted by atomic mass is 10.1. The lowest BCUT2D eigenvalue weighted by Crippen LogP contribution is -2.49. The number of likely N-dealkylation sites (tertiary alicyclic amines) is 1. The third-order valence-electron chi connectivity index (χ3n) is 3.18. The predicted molar refractivity (Wildman–Crippen MR) is 72.6 cm³/mol. The Labute approximate surface area is 118 Å². The fraction of sp³-hybridized carbons (Fsp3) is 0.818. The van der Waals surface area contributed by atoms with Crippen molar-refractivity contribution in [1.29, 1.82) is 0 Å². The molecule has 0 bridgehead atoms. The molecule has 1 saturated heterocycles. The second kappa shape index (κ2) is 7.44. The number of nitrogens with two attached hydrogens (primary N) is 1. The van der Waals surface area contributed by atoms with Gasteiger partial charge < -0.3 is 15.3 Å². The Morgan fingerprint density at radius 3 is 2.60 bits per heavy atom. The second-order valence-electron chi connectivity index (χ2n) is 4.85. The topological polar surface area (TPSA) is 130 Å². The van der Waals surface area contributed by atoms with Crippen LogP contribution in [-0.2, 0) is 14.8 Å². The number of carboxylic acids is 1. The summed E-state index contributed by atoms with van der Waals surface area (Å²) in [5.41, 5.74) is 0. The molecule has 4 N–H and O–H groups in total. The van der Waals surface area contributed by atoms with Gasteiger partial charge in [-0.1, -0.05) is 12.8 Å². The van der Waals surface area contributed by atoms with E-state index in [2.05, 4.69) is 5.32 Å². The molecule has 116 valence electrons. The maximum Gasteiger partial charge on any atom is 0.326 e. The van der Waals surface area contributed by atoms with Crippen LogP contribution in [0.15, 0.2) is 0 Å². The molecular formula is C11H21N3O5S. The number of primary sulfonamides is 1. The molecule has 0 saturated carbocycles. The third-order valence-corrected chi connectivity index (χ3v) is 4.04. The van der Waals surface area contributed by atoms with Crippen LogP contribution in [-0.4, -0.2) is 55.3 Å². The molecule has 1 heterocycles. The lowest BCUT2D eigenvalue weighted by molar-refractivity contribution is -0.142. The van der Waals surface area contributed by atoms with Crippen LogP contribution in [0.2, 0.25) is 0 Å². The highest BCUT2D eigenvalue weighted by molar-refractivity contribution is 7.89. The van der Waals surface area contributed by atoms with Crippen LogP contribution < -0.4 is 10.5 Å². The maximum atomic E-state index is 12.0. The van der Waals surface area contributed by atoms with Gasteiger partial charge in [-0.15, -0.1) is 0 Å². The van der Waals surface area contributed by atoms with Gasteiger partial charge in [-0.3, -0.25) is 0 Å². The van der Waals surface area contributed by atoms with Gasteiger partial charge in [0.15, 0.2) is 0 Å². The standard InChI is InChI=1S/C11H21N3O5S/c12-20(18,19)8-4-6-13-11(17)14-7-3-1-2-5-9(14)10(15)16/h9H,1-8H2,(H,13,17)(H,15,16)(H2,12,18,19). The summed E-state index contributed by atoms with van der Waals surface area (Å²) in [4.78, 5) is 24.4. The van der Waals surface area contributed by atoms with E-state index < -0.39 is 28.1 Å². The molecule has 0 radical (unpaired) electrons. The molecule has 1 unspecified atom stereocenters. The fourth-order valence-corrected chi connectivity index (χ4v) is 2.73. The summed E-state index contributed by atoms with van der Waals surface area (Å²) in [6.45, 7) is 0.552. The average Bonchev–Trinajstić information content (AvgIpc) is 2.58. The Balaban J connectivity index is 2.48. The quantitative estimate of drug-likeness (QED) is 0.601. The zero-order valence-corrected chi connectivity index (χ0v) is 12.1. The highest BCUT2D eigenvalue weighted by Gasteiger charge is 2.30. The molecule has 8 nitrogen and oxygen atoms in total. The van der Waals surface area contributed by atoms with E-state index in [1.165, 1.54) is 4.90 Å². The van der Waals surface area contributed by atoms with Gasteiger partial charge in [-0.25, -0.2) is 23.1 Å². The number of nitrogens with zero attached hydrogens (tertiary/aromatic N) is 1. The summed E-state index contributed by atoms with van der Waals surface area (Å²) in [5, 5.41) is 16.5. The van der Waals surface area contributed by atoms with Gasteiger partial charge in [0.1, 0.15) is 6.04 Å². The lowest BCUT2D eigenvalue weighted by Gasteiger charge is -2.27. The summed E-state index contributed by atoms with van der Waals surface area (Å²) >= 11 is 0. The second-order valence-corrected chi connectivity index (χ2v) is 6.58. The van der Waals surface area contributed by atoms with E-state index in [4.69, 9.17) is 10.2 Å². The number of carbonyl (C=O) groups excluding carboxylic acids is 1. The third kappa shape index (κ3) is 5.74. The molecule has 0 aromatic heterocycles. The number of sulfonamides is 1. The molecule has 1 fully saturated rings. The summed E-state index contributed by atoms with van der Waals surface area (Å²) in [7, 11) is -3.54. The number of carboxylic acid groups (broad SMARTS) is 1. The average molecular weight is 307 g/mol. The molecule has 0 aliphatic carbocycles. The fourth-order valence-electron chi connectivity index (χ4n) is 2.18. The van der Waals surface area contributed by atoms with Gasteiger partial charge in [0.2, 0.25) is 10.0 Å². The van der Waals surface area contributed by atoms with E-state index in [0.29, 0.717) is 13.0 Å². The van der Waals surface area contributed by atoms with Gasteiger partial charge in [0.25, 0.3) is 0 Å². The summed E-state index contributed by atoms with van der Waals surface area (Å²) in [6, 6.07) is -1.27. The summed E-state index contributed by atoms with van der Waals surface area (Å²) in [6.07, 6.45) is 3.11. The Morgan fingerprint density at radius 1 is 1.30 bits per heavy atom. The first-order valence-corrected chi connectivity index (χ1v) is 8.30. The van der Waals surface area contributed by atoms with Crippen molar-refractivity contribution in [1.82, 2.24) is 10.2 Å². The molecule has 1 aliphatic rings. The number of aliphatic carboxylic acids is 1. The normalized spacial score (nSPS) is 20.2. The minimum atomic E-state index is -3.54. The predicted octanol–water partition coefficient (Wildman–Crippen LogP) is -0.296. The number of nitrogens with one attached hydrogen (secondary N) is 1. The summed E-state index contributed by atoms with van der Waals surface area (Å²) < 4.78 is 21.5. The largest absolute Gasteiger partial charge is 0.480 e. The van der Waals surface area contributed by atoms with Gasteiger partial charge >= 0.3 is 12.0 Å². The molecule has 9 heteroatoms. The van der Waals surface area contributed by atoms with Crippen LogP contribution in [0.4, 0.5) is 4.79 Å². The van der Waals surface area contributed by atoms with Crippen LogP contribution in [0, 0.1) is 0 Å². The number of hydrogen-bond donors (Lipinski definition) is 3. The SMILES string of the molecule is NS(=O)(=O)CCCNC(=O)N1CCCCCC1C(=O)O. The van der Waals surface area contributed by atoms with Crippen molar-refractivity contribution in [3.05, 3.63) is 0 Å². The number of amides is 2. The summed E-state index contributed by atoms with van der Waals surface area (Å²) in [5.74, 6) is -1.22. The number of rotatable bonds is 5. The van der Waals surface area contributed by atoms with Gasteiger partial charge in [-0.2, -0.15) is 0 Å². The minimum Gasteiger partial charge on any atom is -0.480 e. The van der Waals surface area contributed by atoms with Crippen molar-refractivity contribution < 1.29 is 23.1 Å². The van der Waals surface area contributed by atoms with Crippen molar-refractivity contribution >= 4 is 22.0 Å². The Bertz CT molecular complexity index is 451. The molecule has 20 heavy (non-hydrogen) atoms. The van der Waals surface area contributed by atoms with Crippen LogP contribution in [0.5, 0.6) is 0 Å². The van der Waals surface area contributed by atoms with E-state index in [-0.39, 0.29) is 18.7 Å². The minimum absolute atomic E-state index is 0.151. The van der Waals surface area contributed by atoms with Crippen LogP contribution in [0.3, 0.4) is 0 Å². The monoisotopic (exact) mass is 307 g/mol. The van der Waals surface area contributed by atoms with E-state index in [1.54, 1.807) is 0 Å². The van der Waals surface area contributed by atoms with Crippen molar-refractivity contribution in [3.63, 3.8) is 0 Å². The number of urea groups is 1. The van der Waals surface area contributed by atoms with Crippen molar-refractivity contribution in [2.45, 2.75) is 38.1 Å².